The summed E-state index contributed by atoms with van der Waals surface area (Å²) in [5.41, 5.74) is 1.11. The van der Waals surface area contributed by atoms with Gasteiger partial charge in [0.15, 0.2) is 0 Å². The number of rotatable bonds is 3. The molecule has 2 aliphatic carbocycles. The molecule has 1 saturated carbocycles. The molecule has 26 heavy (non-hydrogen) atoms. The second-order valence-electron chi connectivity index (χ2n) is 9.03. The fraction of sp³-hybridized carbons (Fsp3) is 0.857. The van der Waals surface area contributed by atoms with Crippen LogP contribution in [0.5, 0.6) is 0 Å². The summed E-state index contributed by atoms with van der Waals surface area (Å²) in [6.07, 6.45) is 4.68. The molecular formula is C21H34N2O3. The van der Waals surface area contributed by atoms with E-state index < -0.39 is 6.10 Å². The number of aliphatic hydroxyl groups excluding tert-OH is 1. The summed E-state index contributed by atoms with van der Waals surface area (Å²) in [6, 6.07) is 0. The minimum atomic E-state index is -0.490. The Morgan fingerprint density at radius 1 is 1.27 bits per heavy atom. The third-order valence-corrected chi connectivity index (χ3v) is 7.94. The number of fused-ring (bicyclic) bond motifs is 2. The maximum Gasteiger partial charge on any atom is 0.311 e. The van der Waals surface area contributed by atoms with Crippen LogP contribution in [0, 0.1) is 23.2 Å². The van der Waals surface area contributed by atoms with Crippen molar-refractivity contribution in [2.45, 2.75) is 52.2 Å². The highest BCUT2D eigenvalue weighted by Gasteiger charge is 2.59. The maximum atomic E-state index is 12.7. The van der Waals surface area contributed by atoms with Gasteiger partial charge in [0, 0.05) is 50.5 Å². The molecule has 0 bridgehead atoms. The highest BCUT2D eigenvalue weighted by molar-refractivity contribution is 5.76. The van der Waals surface area contributed by atoms with E-state index in [2.05, 4.69) is 36.6 Å². The standard InChI is InChI=1S/C21H34N2O3/c1-4-22-8-10-23(11-9-22)13-16-18-17(26-20(16)25)12-15-7-5-6-14(2)21(15,3)19(18)24/h7,14,16-19,24H,4-6,8-13H2,1-3H3/t14-,16-,17+,18+,19-,21+/m0/s1. The second-order valence-corrected chi connectivity index (χ2v) is 9.03. The van der Waals surface area contributed by atoms with Crippen molar-refractivity contribution in [3.8, 4) is 0 Å². The molecule has 0 radical (unpaired) electrons. The Kier molecular flexibility index (Phi) is 4.91. The predicted octanol–water partition coefficient (Wildman–Crippen LogP) is 1.91. The van der Waals surface area contributed by atoms with Gasteiger partial charge in [0.2, 0.25) is 0 Å². The van der Waals surface area contributed by atoms with Gasteiger partial charge in [-0.3, -0.25) is 9.69 Å². The molecule has 0 amide bonds. The van der Waals surface area contributed by atoms with Crippen molar-refractivity contribution in [2.24, 2.45) is 23.2 Å². The van der Waals surface area contributed by atoms with Crippen LogP contribution in [0.1, 0.15) is 40.0 Å². The summed E-state index contributed by atoms with van der Waals surface area (Å²) in [5.74, 6) is 0.112. The van der Waals surface area contributed by atoms with Crippen LogP contribution in [0.2, 0.25) is 0 Å². The van der Waals surface area contributed by atoms with Crippen molar-refractivity contribution in [3.05, 3.63) is 11.6 Å². The predicted molar refractivity (Wildman–Crippen MR) is 101 cm³/mol. The van der Waals surface area contributed by atoms with E-state index in [0.29, 0.717) is 5.92 Å². The number of esters is 1. The molecule has 4 aliphatic rings. The first-order valence-electron chi connectivity index (χ1n) is 10.5. The molecule has 1 N–H and O–H groups in total. The van der Waals surface area contributed by atoms with E-state index in [1.807, 2.05) is 0 Å². The van der Waals surface area contributed by atoms with Gasteiger partial charge in [-0.1, -0.05) is 32.4 Å². The Bertz CT molecular complexity index is 584. The first-order chi connectivity index (χ1) is 12.4. The fourth-order valence-corrected chi connectivity index (χ4v) is 5.84. The Balaban J connectivity index is 1.52. The lowest BCUT2D eigenvalue weighted by atomic mass is 9.55. The number of piperazine rings is 1. The molecular weight excluding hydrogens is 328 g/mol. The number of nitrogens with zero attached hydrogens (tertiary/aromatic N) is 2. The number of likely N-dealkylation sites (N-methyl/N-ethyl adjacent to an activating group) is 1. The van der Waals surface area contributed by atoms with Crippen LogP contribution in [-0.2, 0) is 9.53 Å². The molecule has 5 nitrogen and oxygen atoms in total. The number of carbonyl (C=O) groups excluding carboxylic acids is 1. The molecule has 146 valence electrons. The van der Waals surface area contributed by atoms with Crippen LogP contribution in [0.3, 0.4) is 0 Å². The van der Waals surface area contributed by atoms with Gasteiger partial charge in [-0.25, -0.2) is 0 Å². The zero-order valence-electron chi connectivity index (χ0n) is 16.5. The SMILES string of the molecule is CCN1CCN(C[C@@H]2C(=O)O[C@@H]3CC4=CCC[C@H](C)[C@@]4(C)[C@@H](O)[C@H]23)CC1. The number of allylic oxidation sites excluding steroid dienone is 1. The van der Waals surface area contributed by atoms with E-state index >= 15 is 0 Å². The lowest BCUT2D eigenvalue weighted by Crippen LogP contribution is -2.55. The van der Waals surface area contributed by atoms with Gasteiger partial charge < -0.3 is 14.7 Å². The minimum Gasteiger partial charge on any atom is -0.461 e. The summed E-state index contributed by atoms with van der Waals surface area (Å²) >= 11 is 0. The summed E-state index contributed by atoms with van der Waals surface area (Å²) < 4.78 is 5.78. The number of ether oxygens (including phenoxy) is 1. The Labute approximate surface area is 157 Å². The van der Waals surface area contributed by atoms with Crippen molar-refractivity contribution in [1.82, 2.24) is 9.80 Å². The Morgan fingerprint density at radius 3 is 2.65 bits per heavy atom. The molecule has 0 spiro atoms. The lowest BCUT2D eigenvalue weighted by Gasteiger charge is -2.52. The second kappa shape index (κ2) is 6.92. The first-order valence-corrected chi connectivity index (χ1v) is 10.5. The van der Waals surface area contributed by atoms with Crippen molar-refractivity contribution < 1.29 is 14.6 Å². The van der Waals surface area contributed by atoms with Gasteiger partial charge in [-0.05, 0) is 25.3 Å². The van der Waals surface area contributed by atoms with E-state index in [9.17, 15) is 9.90 Å². The molecule has 3 fully saturated rings. The number of hydrogen-bond acceptors (Lipinski definition) is 5. The largest absolute Gasteiger partial charge is 0.461 e. The summed E-state index contributed by atoms with van der Waals surface area (Å²) in [7, 11) is 0. The molecule has 4 rings (SSSR count). The van der Waals surface area contributed by atoms with Crippen LogP contribution in [-0.4, -0.2) is 72.4 Å². The number of hydrogen-bond donors (Lipinski definition) is 1. The van der Waals surface area contributed by atoms with Crippen molar-refractivity contribution in [1.29, 1.82) is 0 Å². The summed E-state index contributed by atoms with van der Waals surface area (Å²) in [4.78, 5) is 17.5. The molecule has 0 aromatic rings. The zero-order chi connectivity index (χ0) is 18.5. The molecule has 0 aromatic heterocycles. The van der Waals surface area contributed by atoms with Crippen molar-refractivity contribution in [2.75, 3.05) is 39.3 Å². The van der Waals surface area contributed by atoms with Gasteiger partial charge in [-0.15, -0.1) is 0 Å². The van der Waals surface area contributed by atoms with E-state index in [0.717, 1.165) is 58.5 Å². The molecule has 5 heteroatoms. The molecule has 6 atom stereocenters. The lowest BCUT2D eigenvalue weighted by molar-refractivity contribution is -0.145. The first kappa shape index (κ1) is 18.5. The highest BCUT2D eigenvalue weighted by atomic mass is 16.6. The van der Waals surface area contributed by atoms with E-state index in [4.69, 9.17) is 4.74 Å². The Hall–Kier alpha value is -0.910. The third-order valence-electron chi connectivity index (χ3n) is 7.94. The normalized spacial score (nSPS) is 44.2. The topological polar surface area (TPSA) is 53.0 Å². The van der Waals surface area contributed by atoms with Gasteiger partial charge >= 0.3 is 5.97 Å². The molecule has 0 unspecified atom stereocenters. The molecule has 2 aliphatic heterocycles. The molecule has 2 saturated heterocycles. The smallest absolute Gasteiger partial charge is 0.311 e. The van der Waals surface area contributed by atoms with Gasteiger partial charge in [-0.2, -0.15) is 0 Å². The van der Waals surface area contributed by atoms with Crippen molar-refractivity contribution >= 4 is 5.97 Å². The fourth-order valence-electron chi connectivity index (χ4n) is 5.84. The zero-order valence-corrected chi connectivity index (χ0v) is 16.5. The van der Waals surface area contributed by atoms with E-state index in [-0.39, 0.29) is 29.3 Å². The van der Waals surface area contributed by atoms with E-state index in [1.165, 1.54) is 5.57 Å². The third kappa shape index (κ3) is 2.83. The average Bonchev–Trinajstić information content (AvgIpc) is 2.94. The van der Waals surface area contributed by atoms with Crippen LogP contribution in [0.15, 0.2) is 11.6 Å². The Morgan fingerprint density at radius 2 is 1.96 bits per heavy atom. The summed E-state index contributed by atoms with van der Waals surface area (Å²) in [6.45, 7) is 12.6. The van der Waals surface area contributed by atoms with Crippen LogP contribution in [0.4, 0.5) is 0 Å². The molecule has 2 heterocycles. The van der Waals surface area contributed by atoms with Gasteiger partial charge in [0.05, 0.1) is 12.0 Å². The van der Waals surface area contributed by atoms with Gasteiger partial charge in [0.1, 0.15) is 6.10 Å². The number of aliphatic hydroxyl groups is 1. The number of carbonyl (C=O) groups is 1. The average molecular weight is 363 g/mol. The van der Waals surface area contributed by atoms with Gasteiger partial charge in [0.25, 0.3) is 0 Å². The monoisotopic (exact) mass is 362 g/mol. The summed E-state index contributed by atoms with van der Waals surface area (Å²) in [5, 5.41) is 11.4. The van der Waals surface area contributed by atoms with Crippen LogP contribution >= 0.6 is 0 Å². The maximum absolute atomic E-state index is 12.7. The van der Waals surface area contributed by atoms with E-state index in [1.54, 1.807) is 0 Å². The molecule has 0 aromatic carbocycles. The van der Waals surface area contributed by atoms with Crippen LogP contribution < -0.4 is 0 Å². The highest BCUT2D eigenvalue weighted by Crippen LogP contribution is 2.56. The van der Waals surface area contributed by atoms with Crippen molar-refractivity contribution in [3.63, 3.8) is 0 Å². The quantitative estimate of drug-likeness (QED) is 0.614. The minimum absolute atomic E-state index is 0.0607. The van der Waals surface area contributed by atoms with Crippen LogP contribution in [0.25, 0.3) is 0 Å².